The number of hydrogen-bond acceptors (Lipinski definition) is 3. The number of nitrogens with one attached hydrogen (secondary N) is 1. The molecule has 1 saturated heterocycles. The summed E-state index contributed by atoms with van der Waals surface area (Å²) in [5.41, 5.74) is 4.06. The van der Waals surface area contributed by atoms with Crippen LogP contribution in [0.25, 0.3) is 0 Å². The summed E-state index contributed by atoms with van der Waals surface area (Å²) in [6.45, 7) is 8.65. The van der Waals surface area contributed by atoms with Crippen molar-refractivity contribution in [2.45, 2.75) is 32.8 Å². The van der Waals surface area contributed by atoms with E-state index in [4.69, 9.17) is 4.74 Å². The number of benzene rings is 2. The van der Waals surface area contributed by atoms with Crippen LogP contribution >= 0.6 is 0 Å². The molecule has 0 amide bonds. The Kier molecular flexibility index (Phi) is 5.76. The van der Waals surface area contributed by atoms with E-state index in [-0.39, 0.29) is 6.10 Å². The molecule has 0 bridgehead atoms. The van der Waals surface area contributed by atoms with Crippen LogP contribution in [0.5, 0.6) is 5.75 Å². The van der Waals surface area contributed by atoms with Gasteiger partial charge in [0.15, 0.2) is 0 Å². The lowest BCUT2D eigenvalue weighted by molar-refractivity contribution is 0.222. The second-order valence-corrected chi connectivity index (χ2v) is 6.50. The van der Waals surface area contributed by atoms with Gasteiger partial charge in [-0.15, -0.1) is 0 Å². The van der Waals surface area contributed by atoms with Gasteiger partial charge < -0.3 is 15.0 Å². The van der Waals surface area contributed by atoms with Crippen LogP contribution < -0.4 is 15.0 Å². The van der Waals surface area contributed by atoms with Crippen LogP contribution in [0.15, 0.2) is 48.5 Å². The minimum absolute atomic E-state index is 0.169. The number of rotatable bonds is 6. The van der Waals surface area contributed by atoms with E-state index in [1.54, 1.807) is 0 Å². The summed E-state index contributed by atoms with van der Waals surface area (Å²) < 4.78 is 6.17. The van der Waals surface area contributed by atoms with Crippen molar-refractivity contribution >= 4 is 5.69 Å². The van der Waals surface area contributed by atoms with Crippen molar-refractivity contribution < 1.29 is 4.74 Å². The SMILES string of the molecule is CCc1cc(OC(C)Cc2ccccc2)ccc1N1CCNCC1. The van der Waals surface area contributed by atoms with Gasteiger partial charge in [-0.05, 0) is 42.7 Å². The number of piperazine rings is 1. The minimum Gasteiger partial charge on any atom is -0.490 e. The van der Waals surface area contributed by atoms with Crippen LogP contribution in [-0.4, -0.2) is 32.3 Å². The first kappa shape index (κ1) is 16.8. The van der Waals surface area contributed by atoms with Gasteiger partial charge in [-0.1, -0.05) is 37.3 Å². The molecule has 0 aromatic heterocycles. The number of aryl methyl sites for hydroxylation is 1. The van der Waals surface area contributed by atoms with Crippen molar-refractivity contribution in [3.63, 3.8) is 0 Å². The van der Waals surface area contributed by atoms with Gasteiger partial charge in [-0.2, -0.15) is 0 Å². The fraction of sp³-hybridized carbons (Fsp3) is 0.429. The average molecular weight is 324 g/mol. The molecule has 0 spiro atoms. The average Bonchev–Trinajstić information content (AvgIpc) is 2.63. The first-order valence-corrected chi connectivity index (χ1v) is 9.05. The van der Waals surface area contributed by atoms with E-state index in [2.05, 4.69) is 72.6 Å². The third-order valence-electron chi connectivity index (χ3n) is 4.59. The van der Waals surface area contributed by atoms with Gasteiger partial charge >= 0.3 is 0 Å². The Bertz CT molecular complexity index is 636. The van der Waals surface area contributed by atoms with Gasteiger partial charge in [-0.3, -0.25) is 0 Å². The lowest BCUT2D eigenvalue weighted by Gasteiger charge is -2.31. The maximum Gasteiger partial charge on any atom is 0.120 e. The van der Waals surface area contributed by atoms with Gasteiger partial charge in [0.05, 0.1) is 6.10 Å². The van der Waals surface area contributed by atoms with Crippen LogP contribution in [0.3, 0.4) is 0 Å². The number of anilines is 1. The van der Waals surface area contributed by atoms with Crippen molar-refractivity contribution in [2.75, 3.05) is 31.1 Å². The highest BCUT2D eigenvalue weighted by Crippen LogP contribution is 2.27. The summed E-state index contributed by atoms with van der Waals surface area (Å²) in [6, 6.07) is 17.1. The highest BCUT2D eigenvalue weighted by atomic mass is 16.5. The molecule has 2 aromatic carbocycles. The monoisotopic (exact) mass is 324 g/mol. The third kappa shape index (κ3) is 4.30. The summed E-state index contributed by atoms with van der Waals surface area (Å²) in [6.07, 6.45) is 2.13. The molecular formula is C21H28N2O. The molecule has 128 valence electrons. The number of hydrogen-bond donors (Lipinski definition) is 1. The van der Waals surface area contributed by atoms with E-state index in [9.17, 15) is 0 Å². The predicted molar refractivity (Wildman–Crippen MR) is 101 cm³/mol. The Morgan fingerprint density at radius 2 is 1.83 bits per heavy atom. The Hall–Kier alpha value is -2.00. The van der Waals surface area contributed by atoms with E-state index in [0.29, 0.717) is 0 Å². The van der Waals surface area contributed by atoms with Gasteiger partial charge in [0.1, 0.15) is 5.75 Å². The van der Waals surface area contributed by atoms with Gasteiger partial charge in [0.25, 0.3) is 0 Å². The van der Waals surface area contributed by atoms with E-state index < -0.39 is 0 Å². The first-order chi connectivity index (χ1) is 11.8. The maximum absolute atomic E-state index is 6.17. The third-order valence-corrected chi connectivity index (χ3v) is 4.59. The maximum atomic E-state index is 6.17. The fourth-order valence-electron chi connectivity index (χ4n) is 3.35. The summed E-state index contributed by atoms with van der Waals surface area (Å²) in [5.74, 6) is 0.981. The van der Waals surface area contributed by atoms with Crippen molar-refractivity contribution in [3.05, 3.63) is 59.7 Å². The molecular weight excluding hydrogens is 296 g/mol. The second kappa shape index (κ2) is 8.20. The fourth-order valence-corrected chi connectivity index (χ4v) is 3.35. The molecule has 1 heterocycles. The van der Waals surface area contributed by atoms with Gasteiger partial charge in [0, 0.05) is 38.3 Å². The molecule has 3 rings (SSSR count). The Morgan fingerprint density at radius 1 is 1.08 bits per heavy atom. The Balaban J connectivity index is 1.67. The molecule has 1 N–H and O–H groups in total. The van der Waals surface area contributed by atoms with E-state index >= 15 is 0 Å². The number of nitrogens with zero attached hydrogens (tertiary/aromatic N) is 1. The van der Waals surface area contributed by atoms with Crippen LogP contribution in [0.4, 0.5) is 5.69 Å². The van der Waals surface area contributed by atoms with E-state index in [1.165, 1.54) is 16.8 Å². The minimum atomic E-state index is 0.169. The zero-order valence-electron chi connectivity index (χ0n) is 14.8. The van der Waals surface area contributed by atoms with Crippen molar-refractivity contribution in [3.8, 4) is 5.75 Å². The number of ether oxygens (including phenoxy) is 1. The molecule has 0 aliphatic carbocycles. The topological polar surface area (TPSA) is 24.5 Å². The van der Waals surface area contributed by atoms with Crippen molar-refractivity contribution in [1.82, 2.24) is 5.32 Å². The Labute approximate surface area is 145 Å². The highest BCUT2D eigenvalue weighted by molar-refractivity contribution is 5.56. The van der Waals surface area contributed by atoms with Crippen LogP contribution in [0, 0.1) is 0 Å². The zero-order chi connectivity index (χ0) is 16.8. The first-order valence-electron chi connectivity index (χ1n) is 9.05. The summed E-state index contributed by atoms with van der Waals surface area (Å²) >= 11 is 0. The van der Waals surface area contributed by atoms with Crippen LogP contribution in [0.2, 0.25) is 0 Å². The molecule has 1 aliphatic heterocycles. The molecule has 2 aromatic rings. The predicted octanol–water partition coefficient (Wildman–Crippen LogP) is 3.67. The van der Waals surface area contributed by atoms with Gasteiger partial charge in [0.2, 0.25) is 0 Å². The second-order valence-electron chi connectivity index (χ2n) is 6.50. The van der Waals surface area contributed by atoms with E-state index in [0.717, 1.165) is 44.8 Å². The zero-order valence-corrected chi connectivity index (χ0v) is 14.8. The molecule has 1 atom stereocenters. The Morgan fingerprint density at radius 3 is 2.54 bits per heavy atom. The molecule has 24 heavy (non-hydrogen) atoms. The highest BCUT2D eigenvalue weighted by Gasteiger charge is 2.15. The van der Waals surface area contributed by atoms with Crippen molar-refractivity contribution in [1.29, 1.82) is 0 Å². The van der Waals surface area contributed by atoms with Crippen molar-refractivity contribution in [2.24, 2.45) is 0 Å². The molecule has 1 aliphatic rings. The van der Waals surface area contributed by atoms with Crippen LogP contribution in [0.1, 0.15) is 25.0 Å². The quantitative estimate of drug-likeness (QED) is 0.877. The molecule has 3 nitrogen and oxygen atoms in total. The standard InChI is InChI=1S/C21H28N2O/c1-3-19-16-20(9-10-21(19)23-13-11-22-12-14-23)24-17(2)15-18-7-5-4-6-8-18/h4-10,16-17,22H,3,11-15H2,1-2H3. The molecule has 1 fully saturated rings. The lowest BCUT2D eigenvalue weighted by atomic mass is 10.1. The summed E-state index contributed by atoms with van der Waals surface area (Å²) in [5, 5.41) is 3.42. The molecule has 3 heteroatoms. The van der Waals surface area contributed by atoms with Gasteiger partial charge in [-0.25, -0.2) is 0 Å². The smallest absolute Gasteiger partial charge is 0.120 e. The largest absolute Gasteiger partial charge is 0.490 e. The summed E-state index contributed by atoms with van der Waals surface area (Å²) in [4.78, 5) is 2.48. The normalized spacial score (nSPS) is 16.0. The molecule has 0 radical (unpaired) electrons. The molecule has 0 saturated carbocycles. The molecule has 1 unspecified atom stereocenters. The lowest BCUT2D eigenvalue weighted by Crippen LogP contribution is -2.43. The van der Waals surface area contributed by atoms with E-state index in [1.807, 2.05) is 0 Å². The van der Waals surface area contributed by atoms with Crippen LogP contribution in [-0.2, 0) is 12.8 Å². The summed E-state index contributed by atoms with van der Waals surface area (Å²) in [7, 11) is 0.